The zero-order valence-electron chi connectivity index (χ0n) is 32.7. The Morgan fingerprint density at radius 2 is 1.54 bits per heavy atom. The first-order valence-electron chi connectivity index (χ1n) is 19.1. The Morgan fingerprint density at radius 3 is 2.20 bits per heavy atom. The fourth-order valence-corrected chi connectivity index (χ4v) is 7.83. The van der Waals surface area contributed by atoms with E-state index in [0.29, 0.717) is 28.2 Å². The molecule has 0 amide bonds. The van der Waals surface area contributed by atoms with Crippen molar-refractivity contribution in [3.05, 3.63) is 124 Å². The van der Waals surface area contributed by atoms with E-state index < -0.39 is 24.4 Å². The lowest BCUT2D eigenvalue weighted by Crippen LogP contribution is -2.32. The van der Waals surface area contributed by atoms with Crippen molar-refractivity contribution in [1.29, 1.82) is 0 Å². The average molecular weight is 781 g/mol. The molecule has 0 N–H and O–H groups in total. The topological polar surface area (TPSA) is 69.9 Å². The van der Waals surface area contributed by atoms with E-state index in [1.807, 2.05) is 75.4 Å². The van der Waals surface area contributed by atoms with Crippen LogP contribution in [0.1, 0.15) is 90.2 Å². The predicted molar refractivity (Wildman–Crippen MR) is 223 cm³/mol. The van der Waals surface area contributed by atoms with Gasteiger partial charge in [0.2, 0.25) is 5.41 Å². The highest BCUT2D eigenvalue weighted by Gasteiger charge is 2.36. The minimum Gasteiger partial charge on any atom is -0.489 e. The van der Waals surface area contributed by atoms with Gasteiger partial charge in [0.25, 0.3) is 6.43 Å². The molecule has 1 aromatic heterocycles. The first-order chi connectivity index (χ1) is 26.7. The van der Waals surface area contributed by atoms with Crippen LogP contribution in [0.4, 0.5) is 13.2 Å². The van der Waals surface area contributed by atoms with Gasteiger partial charge in [0.05, 0.1) is 5.52 Å². The van der Waals surface area contributed by atoms with Crippen LogP contribution in [0, 0.1) is 26.7 Å². The number of hydrogen-bond acceptors (Lipinski definition) is 5. The Morgan fingerprint density at radius 1 is 0.857 bits per heavy atom. The molecule has 0 saturated carbocycles. The smallest absolute Gasteiger partial charge is 0.332 e. The monoisotopic (exact) mass is 780 g/mol. The fraction of sp³-hybridized carbons (Fsp3) is 0.326. The van der Waals surface area contributed by atoms with Gasteiger partial charge in [0.1, 0.15) is 18.1 Å². The molecule has 0 fully saturated rings. The van der Waals surface area contributed by atoms with Crippen LogP contribution in [0.2, 0.25) is 0 Å². The molecule has 10 heteroatoms. The molecular formula is C46H48F3N2O4P. The van der Waals surface area contributed by atoms with Gasteiger partial charge < -0.3 is 14.1 Å². The minimum atomic E-state index is -3.30. The molecule has 6 aromatic rings. The highest BCUT2D eigenvalue weighted by atomic mass is 31.0. The van der Waals surface area contributed by atoms with Gasteiger partial charge in [0.15, 0.2) is 5.78 Å². The Labute approximate surface area is 328 Å². The summed E-state index contributed by atoms with van der Waals surface area (Å²) in [5, 5.41) is 4.78. The Balaban J connectivity index is 1.63. The van der Waals surface area contributed by atoms with Gasteiger partial charge in [-0.15, -0.1) is 0 Å². The molecule has 5 aromatic carbocycles. The number of aryl methyl sites for hydroxylation is 3. The second-order valence-corrected chi connectivity index (χ2v) is 15.7. The number of halogens is 3. The molecule has 0 aliphatic heterocycles. The maximum absolute atomic E-state index is 14.7. The molecule has 56 heavy (non-hydrogen) atoms. The lowest BCUT2D eigenvalue weighted by atomic mass is 9.89. The zero-order valence-corrected chi connectivity index (χ0v) is 33.9. The molecule has 1 heterocycles. The summed E-state index contributed by atoms with van der Waals surface area (Å²) in [6, 6.07) is 26.4. The van der Waals surface area contributed by atoms with Crippen LogP contribution in [0.15, 0.2) is 90.1 Å². The van der Waals surface area contributed by atoms with E-state index in [0.717, 1.165) is 81.5 Å². The van der Waals surface area contributed by atoms with Gasteiger partial charge in [0, 0.05) is 57.4 Å². The summed E-state index contributed by atoms with van der Waals surface area (Å²) in [6.45, 7) is 11.4. The number of fused-ring (bicyclic) bond motifs is 5. The fourth-order valence-electron chi connectivity index (χ4n) is 7.74. The third kappa shape index (κ3) is 8.24. The Hall–Kier alpha value is -5.01. The number of benzene rings is 5. The van der Waals surface area contributed by atoms with E-state index in [2.05, 4.69) is 29.6 Å². The molecule has 0 radical (unpaired) electrons. The van der Waals surface area contributed by atoms with Gasteiger partial charge in [-0.3, -0.25) is 4.79 Å². The molecule has 6 rings (SSSR count). The molecule has 3 atom stereocenters. The van der Waals surface area contributed by atoms with E-state index in [-0.39, 0.29) is 17.2 Å². The van der Waals surface area contributed by atoms with Crippen molar-refractivity contribution >= 4 is 59.3 Å². The van der Waals surface area contributed by atoms with E-state index >= 15 is 0 Å². The van der Waals surface area contributed by atoms with Crippen LogP contribution >= 0.6 is 9.24 Å². The number of unbranched alkanes of at least 4 members (excludes halogenated alkanes) is 1. The predicted octanol–water partition coefficient (Wildman–Crippen LogP) is 11.8. The standard InChI is InChI=1S/C46H48F3N2O4P/c1-7-9-14-31(8-2)25-51-39-20-19-32(42(50-55-30(6)52)35-17-12-13-18-40(35)54-26-46(49,56)45(47)48)23-36(39)37-24-38(33-15-10-11-16-34(33)43(37)51)44(53)41-28(4)21-27(3)22-29(41)5/h10-13,15-24,31,45H,7-9,14,25-26,56H2,1-6H3/b50-42+. The third-order valence-corrected chi connectivity index (χ3v) is 10.9. The third-order valence-electron chi connectivity index (χ3n) is 10.5. The SMILES string of the molecule is CCCCC(CC)Cn1c2ccc(/C(=N\OC(C)=O)c3ccccc3OCC(F)(P)C(F)F)cc2c2cc(C(=O)c3c(C)cc(C)cc3C)c3ccccc3c21. The minimum absolute atomic E-state index is 0.0606. The zero-order chi connectivity index (χ0) is 40.3. The van der Waals surface area contributed by atoms with E-state index in [9.17, 15) is 22.8 Å². The summed E-state index contributed by atoms with van der Waals surface area (Å²) in [5.41, 5.74) is 7.16. The van der Waals surface area contributed by atoms with Crippen molar-refractivity contribution in [3.63, 3.8) is 0 Å². The molecule has 6 nitrogen and oxygen atoms in total. The second-order valence-electron chi connectivity index (χ2n) is 14.8. The summed E-state index contributed by atoms with van der Waals surface area (Å²) in [6.07, 6.45) is 0.987. The molecule has 3 unspecified atom stereocenters. The van der Waals surface area contributed by atoms with Gasteiger partial charge >= 0.3 is 5.97 Å². The van der Waals surface area contributed by atoms with Crippen molar-refractivity contribution in [2.45, 2.75) is 85.6 Å². The normalized spacial score (nSPS) is 13.7. The van der Waals surface area contributed by atoms with Crippen LogP contribution < -0.4 is 4.74 Å². The van der Waals surface area contributed by atoms with Gasteiger partial charge in [-0.2, -0.15) is 0 Å². The summed E-state index contributed by atoms with van der Waals surface area (Å²) in [4.78, 5) is 32.0. The number of carbonyl (C=O) groups is 2. The molecule has 0 aliphatic rings. The van der Waals surface area contributed by atoms with Crippen molar-refractivity contribution in [2.24, 2.45) is 11.1 Å². The first-order valence-corrected chi connectivity index (χ1v) is 19.7. The lowest BCUT2D eigenvalue weighted by molar-refractivity contribution is -0.140. The van der Waals surface area contributed by atoms with Crippen molar-refractivity contribution in [2.75, 3.05) is 6.61 Å². The van der Waals surface area contributed by atoms with Crippen LogP contribution in [0.5, 0.6) is 5.75 Å². The number of alkyl halides is 3. The van der Waals surface area contributed by atoms with E-state index in [1.165, 1.54) is 22.2 Å². The van der Waals surface area contributed by atoms with Crippen LogP contribution in [0.25, 0.3) is 32.6 Å². The van der Waals surface area contributed by atoms with Crippen molar-refractivity contribution in [1.82, 2.24) is 4.57 Å². The van der Waals surface area contributed by atoms with Gasteiger partial charge in [-0.25, -0.2) is 18.0 Å². The summed E-state index contributed by atoms with van der Waals surface area (Å²) in [5.74, 6) is -0.243. The number of para-hydroxylation sites is 1. The molecular weight excluding hydrogens is 732 g/mol. The van der Waals surface area contributed by atoms with E-state index in [4.69, 9.17) is 9.57 Å². The number of nitrogens with zero attached hydrogens (tertiary/aromatic N) is 2. The van der Waals surface area contributed by atoms with Gasteiger partial charge in [-0.05, 0) is 80.0 Å². The number of hydrogen-bond donors (Lipinski definition) is 0. The van der Waals surface area contributed by atoms with E-state index in [1.54, 1.807) is 18.2 Å². The summed E-state index contributed by atoms with van der Waals surface area (Å²) in [7, 11) is 1.52. The average Bonchev–Trinajstić information content (AvgIpc) is 3.47. The first kappa shape index (κ1) is 40.6. The summed E-state index contributed by atoms with van der Waals surface area (Å²) < 4.78 is 49.5. The van der Waals surface area contributed by atoms with Gasteiger partial charge in [-0.1, -0.05) is 108 Å². The number of rotatable bonds is 15. The highest BCUT2D eigenvalue weighted by Crippen LogP contribution is 2.40. The maximum Gasteiger partial charge on any atom is 0.332 e. The maximum atomic E-state index is 14.7. The molecule has 292 valence electrons. The number of ether oxygens (including phenoxy) is 1. The molecule has 0 saturated heterocycles. The number of carbonyl (C=O) groups excluding carboxylic acids is 2. The second kappa shape index (κ2) is 17.0. The number of oxime groups is 1. The molecule has 0 spiro atoms. The van der Waals surface area contributed by atoms with Crippen LogP contribution in [-0.2, 0) is 16.2 Å². The van der Waals surface area contributed by atoms with Crippen molar-refractivity contribution < 1.29 is 32.3 Å². The van der Waals surface area contributed by atoms with Crippen LogP contribution in [0.3, 0.4) is 0 Å². The van der Waals surface area contributed by atoms with Crippen molar-refractivity contribution in [3.8, 4) is 5.75 Å². The van der Waals surface area contributed by atoms with Crippen LogP contribution in [-0.4, -0.2) is 40.5 Å². The molecule has 0 bridgehead atoms. The highest BCUT2D eigenvalue weighted by molar-refractivity contribution is 7.18. The lowest BCUT2D eigenvalue weighted by Gasteiger charge is -2.21. The Kier molecular flexibility index (Phi) is 12.3. The number of ketones is 1. The quantitative estimate of drug-likeness (QED) is 0.0342. The largest absolute Gasteiger partial charge is 0.489 e. The summed E-state index contributed by atoms with van der Waals surface area (Å²) >= 11 is 0. The molecule has 0 aliphatic carbocycles. The Bertz CT molecular complexity index is 2450. The number of aromatic nitrogens is 1.